The summed E-state index contributed by atoms with van der Waals surface area (Å²) in [6, 6.07) is 0. The number of aliphatic hydroxyl groups excluding tert-OH is 2. The van der Waals surface area contributed by atoms with Gasteiger partial charge in [-0.15, -0.1) is 26.3 Å². The Kier molecular flexibility index (Phi) is 89.8. The van der Waals surface area contributed by atoms with Gasteiger partial charge >= 0.3 is 11.9 Å². The fraction of sp³-hybridized carbons (Fsp3) is 0.364. The summed E-state index contributed by atoms with van der Waals surface area (Å²) in [5.41, 5.74) is 0.352. The van der Waals surface area contributed by atoms with Crippen molar-refractivity contribution < 1.29 is 30.0 Å². The normalized spacial score (nSPS) is 6.14. The van der Waals surface area contributed by atoms with Gasteiger partial charge in [0.2, 0.25) is 0 Å². The monoisotopic (exact) mass is 402 g/mol. The van der Waals surface area contributed by atoms with Crippen molar-refractivity contribution >= 4 is 11.9 Å². The van der Waals surface area contributed by atoms with Gasteiger partial charge in [0.25, 0.3) is 0 Å². The highest BCUT2D eigenvalue weighted by atomic mass is 16.4. The molecule has 0 aliphatic heterocycles. The molecule has 166 valence electrons. The van der Waals surface area contributed by atoms with Crippen LogP contribution in [0.5, 0.6) is 0 Å². The van der Waals surface area contributed by atoms with E-state index in [1.54, 1.807) is 24.3 Å². The molecular weight excluding hydrogens is 360 g/mol. The number of aliphatic hydroxyl groups is 2. The summed E-state index contributed by atoms with van der Waals surface area (Å²) in [4.78, 5) is 19.2. The third kappa shape index (κ3) is 292. The lowest BCUT2D eigenvalue weighted by Gasteiger charge is -1.79. The maximum absolute atomic E-state index is 9.60. The summed E-state index contributed by atoms with van der Waals surface area (Å²) < 4.78 is 0. The zero-order chi connectivity index (χ0) is 24.6. The molecule has 6 heteroatoms. The Bertz CT molecular complexity index is 322. The Morgan fingerprint density at radius 3 is 0.714 bits per heavy atom. The summed E-state index contributed by atoms with van der Waals surface area (Å²) in [7, 11) is 0. The average Bonchev–Trinajstić information content (AvgIpc) is 2.58. The number of hydrogen-bond acceptors (Lipinski definition) is 4. The summed E-state index contributed by atoms with van der Waals surface area (Å²) in [6.07, 6.45) is 7.00. The topological polar surface area (TPSA) is 115 Å². The molecule has 0 rings (SSSR count). The van der Waals surface area contributed by atoms with Crippen LogP contribution >= 0.6 is 0 Å². The van der Waals surface area contributed by atoms with Gasteiger partial charge in [-0.25, -0.2) is 9.59 Å². The molecule has 0 aromatic heterocycles. The minimum atomic E-state index is -0.935. The van der Waals surface area contributed by atoms with Crippen LogP contribution < -0.4 is 0 Å². The number of carbonyl (C=O) groups is 2. The molecule has 6 nitrogen and oxygen atoms in total. The highest BCUT2D eigenvalue weighted by Crippen LogP contribution is 1.81. The molecule has 0 saturated carbocycles. The third-order valence-corrected chi connectivity index (χ3v) is 0.830. The van der Waals surface area contributed by atoms with Gasteiger partial charge in [0.1, 0.15) is 0 Å². The molecule has 0 aliphatic rings. The molecule has 0 saturated heterocycles. The van der Waals surface area contributed by atoms with Crippen molar-refractivity contribution in [1.29, 1.82) is 0 Å². The van der Waals surface area contributed by atoms with Crippen LogP contribution in [0, 0.1) is 0 Å². The van der Waals surface area contributed by atoms with Crippen LogP contribution in [0.3, 0.4) is 0 Å². The number of rotatable bonds is 3. The van der Waals surface area contributed by atoms with Gasteiger partial charge < -0.3 is 20.4 Å². The van der Waals surface area contributed by atoms with Gasteiger partial charge in [-0.3, -0.25) is 0 Å². The Labute approximate surface area is 172 Å². The smallest absolute Gasteiger partial charge is 0.330 e. The summed E-state index contributed by atoms with van der Waals surface area (Å²) in [5, 5.41) is 31.0. The number of hydrogen-bond donors (Lipinski definition) is 4. The van der Waals surface area contributed by atoms with Crippen molar-refractivity contribution in [1.82, 2.24) is 0 Å². The van der Waals surface area contributed by atoms with Gasteiger partial charge in [-0.2, -0.15) is 0 Å². The minimum absolute atomic E-state index is 0.125. The molecule has 0 aliphatic carbocycles. The van der Waals surface area contributed by atoms with Gasteiger partial charge in [0.05, 0.1) is 13.2 Å². The Morgan fingerprint density at radius 1 is 0.643 bits per heavy atom. The predicted molar refractivity (Wildman–Crippen MR) is 123 cm³/mol. The molecule has 4 N–H and O–H groups in total. The molecule has 0 bridgehead atoms. The van der Waals surface area contributed by atoms with E-state index in [2.05, 4.69) is 39.5 Å². The average molecular weight is 403 g/mol. The fourth-order valence-electron chi connectivity index (χ4n) is 0. The molecular formula is C22H42O6. The summed E-state index contributed by atoms with van der Waals surface area (Å²) in [6.45, 7) is 30.0. The molecule has 0 aromatic rings. The van der Waals surface area contributed by atoms with E-state index in [1.807, 2.05) is 27.7 Å². The first-order valence-corrected chi connectivity index (χ1v) is 8.14. The largest absolute Gasteiger partial charge is 0.478 e. The van der Waals surface area contributed by atoms with Crippen LogP contribution in [0.25, 0.3) is 0 Å². The fourth-order valence-corrected chi connectivity index (χ4v) is 0. The van der Waals surface area contributed by atoms with E-state index >= 15 is 0 Å². The first kappa shape index (κ1) is 44.6. The van der Waals surface area contributed by atoms with E-state index in [4.69, 9.17) is 20.4 Å². The van der Waals surface area contributed by atoms with Crippen molar-refractivity contribution in [2.24, 2.45) is 0 Å². The predicted octanol–water partition coefficient (Wildman–Crippen LogP) is 5.03. The highest BCUT2D eigenvalue weighted by molar-refractivity contribution is 5.85. The van der Waals surface area contributed by atoms with Crippen LogP contribution in [0.2, 0.25) is 0 Å². The standard InChI is InChI=1S/2C4H6O2.4C3H6.C2H6O2/c2*1-3(2)4(5)6;4*1-3-2;3-1-2-4/h2*1H2,2H3,(H,5,6);4*3H,1H2,2H3;3-4H,1-2H2. The Morgan fingerprint density at radius 2 is 0.714 bits per heavy atom. The van der Waals surface area contributed by atoms with Gasteiger partial charge in [-0.1, -0.05) is 37.5 Å². The van der Waals surface area contributed by atoms with Gasteiger partial charge in [0.15, 0.2) is 0 Å². The third-order valence-electron chi connectivity index (χ3n) is 0.830. The molecule has 0 radical (unpaired) electrons. The van der Waals surface area contributed by atoms with Crippen LogP contribution in [0.15, 0.2) is 74.9 Å². The SMILES string of the molecule is C=C(C)C(=O)O.C=C(C)C(=O)O.C=CC.C=CC.C=CC.C=CC.OCCO. The maximum Gasteiger partial charge on any atom is 0.330 e. The second kappa shape index (κ2) is 56.4. The lowest BCUT2D eigenvalue weighted by Crippen LogP contribution is -1.92. The van der Waals surface area contributed by atoms with Crippen molar-refractivity contribution in [3.8, 4) is 0 Å². The van der Waals surface area contributed by atoms with Crippen LogP contribution in [-0.2, 0) is 9.59 Å². The lowest BCUT2D eigenvalue weighted by atomic mass is 10.4. The van der Waals surface area contributed by atoms with E-state index < -0.39 is 11.9 Å². The molecule has 0 spiro atoms. The van der Waals surface area contributed by atoms with E-state index in [1.165, 1.54) is 13.8 Å². The van der Waals surface area contributed by atoms with Crippen molar-refractivity contribution in [2.75, 3.05) is 13.2 Å². The summed E-state index contributed by atoms with van der Waals surface area (Å²) >= 11 is 0. The molecule has 0 aromatic carbocycles. The van der Waals surface area contributed by atoms with Crippen LogP contribution in [0.4, 0.5) is 0 Å². The lowest BCUT2D eigenvalue weighted by molar-refractivity contribution is -0.133. The van der Waals surface area contributed by atoms with E-state index in [0.717, 1.165) is 0 Å². The quantitative estimate of drug-likeness (QED) is 0.388. The Hall–Kier alpha value is -2.70. The Balaban J connectivity index is -0.0000000378. The summed E-state index contributed by atoms with van der Waals surface area (Å²) in [5.74, 6) is -1.87. The van der Waals surface area contributed by atoms with Gasteiger partial charge in [0, 0.05) is 11.1 Å². The van der Waals surface area contributed by atoms with Crippen LogP contribution in [0.1, 0.15) is 41.5 Å². The van der Waals surface area contributed by atoms with E-state index in [9.17, 15) is 9.59 Å². The second-order valence-electron chi connectivity index (χ2n) is 4.25. The molecule has 28 heavy (non-hydrogen) atoms. The number of aliphatic carboxylic acids is 2. The molecule has 0 fully saturated rings. The van der Waals surface area contributed by atoms with Crippen molar-refractivity contribution in [3.63, 3.8) is 0 Å². The van der Waals surface area contributed by atoms with Gasteiger partial charge in [-0.05, 0) is 41.5 Å². The number of carboxylic acid groups (broad SMARTS) is 2. The van der Waals surface area contributed by atoms with Crippen LogP contribution in [-0.4, -0.2) is 45.6 Å². The molecule has 0 amide bonds. The number of carboxylic acids is 2. The minimum Gasteiger partial charge on any atom is -0.478 e. The second-order valence-corrected chi connectivity index (χ2v) is 4.25. The maximum atomic E-state index is 9.60. The van der Waals surface area contributed by atoms with E-state index in [-0.39, 0.29) is 24.4 Å². The zero-order valence-electron chi connectivity index (χ0n) is 18.6. The molecule has 0 atom stereocenters. The molecule has 0 unspecified atom stereocenters. The first-order chi connectivity index (χ1) is 12.9. The van der Waals surface area contributed by atoms with E-state index in [0.29, 0.717) is 0 Å². The van der Waals surface area contributed by atoms with Crippen molar-refractivity contribution in [2.45, 2.75) is 41.5 Å². The van der Waals surface area contributed by atoms with Crippen molar-refractivity contribution in [3.05, 3.63) is 74.9 Å². The number of allylic oxidation sites excluding steroid dienone is 4. The molecule has 0 heterocycles. The zero-order valence-corrected chi connectivity index (χ0v) is 18.6. The first-order valence-electron chi connectivity index (χ1n) is 8.14. The highest BCUT2D eigenvalue weighted by Gasteiger charge is 1.90.